The summed E-state index contributed by atoms with van der Waals surface area (Å²) in [5.74, 6) is 1.51. The van der Waals surface area contributed by atoms with E-state index in [1.807, 2.05) is 12.1 Å². The molecule has 0 spiro atoms. The summed E-state index contributed by atoms with van der Waals surface area (Å²) >= 11 is 0. The Kier molecular flexibility index (Phi) is 3.37. The molecule has 1 aliphatic heterocycles. The van der Waals surface area contributed by atoms with Crippen LogP contribution in [-0.2, 0) is 6.42 Å². The molecular weight excluding hydrogens is 232 g/mol. The molecule has 1 unspecified atom stereocenters. The zero-order valence-electron chi connectivity index (χ0n) is 11.2. The molecule has 2 aromatic carbocycles. The Morgan fingerprint density at radius 1 is 1.00 bits per heavy atom. The van der Waals surface area contributed by atoms with E-state index >= 15 is 0 Å². The third-order valence-electron chi connectivity index (χ3n) is 3.67. The van der Waals surface area contributed by atoms with Gasteiger partial charge >= 0.3 is 0 Å². The van der Waals surface area contributed by atoms with Crippen LogP contribution in [0.2, 0.25) is 0 Å². The normalized spacial score (nSPS) is 15.1. The van der Waals surface area contributed by atoms with Crippen molar-refractivity contribution in [3.8, 4) is 5.75 Å². The van der Waals surface area contributed by atoms with Gasteiger partial charge in [-0.2, -0.15) is 0 Å². The van der Waals surface area contributed by atoms with Gasteiger partial charge in [0.2, 0.25) is 0 Å². The van der Waals surface area contributed by atoms with Crippen LogP contribution in [0.15, 0.2) is 60.2 Å². The van der Waals surface area contributed by atoms with Crippen molar-refractivity contribution in [2.45, 2.75) is 13.3 Å². The Hall–Kier alpha value is -2.02. The van der Waals surface area contributed by atoms with Crippen LogP contribution in [0.4, 0.5) is 0 Å². The molecule has 1 heteroatoms. The molecule has 0 aliphatic carbocycles. The Morgan fingerprint density at radius 3 is 2.58 bits per heavy atom. The smallest absolute Gasteiger partial charge is 0.127 e. The lowest BCUT2D eigenvalue weighted by atomic mass is 9.91. The van der Waals surface area contributed by atoms with Crippen LogP contribution in [0.3, 0.4) is 0 Å². The fourth-order valence-electron chi connectivity index (χ4n) is 2.52. The fraction of sp³-hybridized carbons (Fsp3) is 0.222. The Morgan fingerprint density at radius 2 is 1.74 bits per heavy atom. The maximum absolute atomic E-state index is 5.83. The summed E-state index contributed by atoms with van der Waals surface area (Å²) in [5.41, 5.74) is 3.96. The second kappa shape index (κ2) is 5.31. The van der Waals surface area contributed by atoms with Crippen LogP contribution < -0.4 is 4.74 Å². The Balaban J connectivity index is 1.78. The Labute approximate surface area is 114 Å². The molecular formula is C18H18O. The van der Waals surface area contributed by atoms with E-state index < -0.39 is 0 Å². The predicted octanol–water partition coefficient (Wildman–Crippen LogP) is 4.34. The standard InChI is InChI=1S/C18H18O/c1-14(11-15-7-3-2-4-8-15)17-12-16-9-5-6-10-18(16)19-13-17/h2-10,12,14H,11,13H2,1H3. The molecule has 96 valence electrons. The van der Waals surface area contributed by atoms with E-state index in [4.69, 9.17) is 4.74 Å². The number of benzene rings is 2. The lowest BCUT2D eigenvalue weighted by molar-refractivity contribution is 0.331. The van der Waals surface area contributed by atoms with E-state index in [1.165, 1.54) is 16.7 Å². The summed E-state index contributed by atoms with van der Waals surface area (Å²) in [5, 5.41) is 0. The first kappa shape index (κ1) is 12.0. The van der Waals surface area contributed by atoms with Gasteiger partial charge in [-0.05, 0) is 35.6 Å². The van der Waals surface area contributed by atoms with E-state index in [0.717, 1.165) is 12.2 Å². The van der Waals surface area contributed by atoms with Crippen molar-refractivity contribution >= 4 is 6.08 Å². The molecule has 0 saturated heterocycles. The minimum atomic E-state index is 0.510. The van der Waals surface area contributed by atoms with Crippen LogP contribution in [0.1, 0.15) is 18.1 Å². The number of rotatable bonds is 3. The van der Waals surface area contributed by atoms with Crippen LogP contribution in [0.25, 0.3) is 6.08 Å². The molecule has 0 bridgehead atoms. The maximum Gasteiger partial charge on any atom is 0.127 e. The maximum atomic E-state index is 5.83. The van der Waals surface area contributed by atoms with Crippen molar-refractivity contribution in [3.63, 3.8) is 0 Å². The van der Waals surface area contributed by atoms with Gasteiger partial charge in [0.1, 0.15) is 12.4 Å². The van der Waals surface area contributed by atoms with E-state index in [9.17, 15) is 0 Å². The zero-order chi connectivity index (χ0) is 13.1. The molecule has 1 nitrogen and oxygen atoms in total. The lowest BCUT2D eigenvalue weighted by Crippen LogP contribution is -2.14. The third kappa shape index (κ3) is 2.70. The van der Waals surface area contributed by atoms with Gasteiger partial charge in [0.15, 0.2) is 0 Å². The Bertz CT molecular complexity index is 584. The average Bonchev–Trinajstić information content (AvgIpc) is 2.48. The third-order valence-corrected chi connectivity index (χ3v) is 3.67. The van der Waals surface area contributed by atoms with E-state index in [2.05, 4.69) is 55.5 Å². The number of hydrogen-bond donors (Lipinski definition) is 0. The first-order chi connectivity index (χ1) is 9.33. The van der Waals surface area contributed by atoms with Crippen molar-refractivity contribution in [3.05, 3.63) is 71.3 Å². The molecule has 0 fully saturated rings. The summed E-state index contributed by atoms with van der Waals surface area (Å²) in [7, 11) is 0. The minimum Gasteiger partial charge on any atom is -0.489 e. The van der Waals surface area contributed by atoms with E-state index in [0.29, 0.717) is 12.5 Å². The summed E-state index contributed by atoms with van der Waals surface area (Å²) < 4.78 is 5.83. The highest BCUT2D eigenvalue weighted by Gasteiger charge is 2.16. The highest BCUT2D eigenvalue weighted by Crippen LogP contribution is 2.29. The zero-order valence-corrected chi connectivity index (χ0v) is 11.2. The van der Waals surface area contributed by atoms with Gasteiger partial charge in [-0.15, -0.1) is 0 Å². The summed E-state index contributed by atoms with van der Waals surface area (Å²) in [6, 6.07) is 18.9. The predicted molar refractivity (Wildman–Crippen MR) is 79.2 cm³/mol. The van der Waals surface area contributed by atoms with Gasteiger partial charge < -0.3 is 4.74 Å². The van der Waals surface area contributed by atoms with Gasteiger partial charge in [-0.25, -0.2) is 0 Å². The van der Waals surface area contributed by atoms with Gasteiger partial charge in [0.25, 0.3) is 0 Å². The van der Waals surface area contributed by atoms with Crippen LogP contribution in [-0.4, -0.2) is 6.61 Å². The van der Waals surface area contributed by atoms with Gasteiger partial charge in [0.05, 0.1) is 0 Å². The molecule has 3 rings (SSSR count). The first-order valence-electron chi connectivity index (χ1n) is 6.79. The van der Waals surface area contributed by atoms with Gasteiger partial charge in [-0.1, -0.05) is 55.5 Å². The van der Waals surface area contributed by atoms with E-state index in [-0.39, 0.29) is 0 Å². The van der Waals surface area contributed by atoms with Crippen molar-refractivity contribution in [2.75, 3.05) is 6.61 Å². The van der Waals surface area contributed by atoms with Gasteiger partial charge in [0, 0.05) is 5.56 Å². The minimum absolute atomic E-state index is 0.510. The molecule has 0 N–H and O–H groups in total. The highest BCUT2D eigenvalue weighted by molar-refractivity contribution is 5.62. The molecule has 0 saturated carbocycles. The van der Waals surface area contributed by atoms with Crippen molar-refractivity contribution in [1.29, 1.82) is 0 Å². The molecule has 1 aliphatic rings. The monoisotopic (exact) mass is 250 g/mol. The quantitative estimate of drug-likeness (QED) is 0.787. The molecule has 1 atom stereocenters. The summed E-state index contributed by atoms with van der Waals surface area (Å²) in [6.07, 6.45) is 3.35. The summed E-state index contributed by atoms with van der Waals surface area (Å²) in [4.78, 5) is 0. The van der Waals surface area contributed by atoms with Crippen molar-refractivity contribution in [1.82, 2.24) is 0 Å². The molecule has 2 aromatic rings. The molecule has 0 radical (unpaired) electrons. The average molecular weight is 250 g/mol. The second-order valence-corrected chi connectivity index (χ2v) is 5.14. The van der Waals surface area contributed by atoms with Crippen LogP contribution in [0.5, 0.6) is 5.75 Å². The largest absolute Gasteiger partial charge is 0.489 e. The highest BCUT2D eigenvalue weighted by atomic mass is 16.5. The van der Waals surface area contributed by atoms with Crippen LogP contribution in [0, 0.1) is 5.92 Å². The van der Waals surface area contributed by atoms with Crippen molar-refractivity contribution < 1.29 is 4.74 Å². The second-order valence-electron chi connectivity index (χ2n) is 5.14. The SMILES string of the molecule is CC(Cc1ccccc1)C1=Cc2ccccc2OC1. The van der Waals surface area contributed by atoms with Crippen LogP contribution >= 0.6 is 0 Å². The topological polar surface area (TPSA) is 9.23 Å². The first-order valence-corrected chi connectivity index (χ1v) is 6.79. The molecule has 0 aromatic heterocycles. The fourth-order valence-corrected chi connectivity index (χ4v) is 2.52. The number of ether oxygens (including phenoxy) is 1. The summed E-state index contributed by atoms with van der Waals surface area (Å²) in [6.45, 7) is 2.99. The number of fused-ring (bicyclic) bond motifs is 1. The lowest BCUT2D eigenvalue weighted by Gasteiger charge is -2.22. The molecule has 1 heterocycles. The molecule has 19 heavy (non-hydrogen) atoms. The molecule has 0 amide bonds. The number of hydrogen-bond acceptors (Lipinski definition) is 1. The van der Waals surface area contributed by atoms with E-state index in [1.54, 1.807) is 0 Å². The van der Waals surface area contributed by atoms with Gasteiger partial charge in [-0.3, -0.25) is 0 Å². The van der Waals surface area contributed by atoms with Crippen molar-refractivity contribution in [2.24, 2.45) is 5.92 Å². The number of para-hydroxylation sites is 1.